The summed E-state index contributed by atoms with van der Waals surface area (Å²) in [6.45, 7) is 20.1. The van der Waals surface area contributed by atoms with Gasteiger partial charge in [0.15, 0.2) is 29.6 Å². The molecule has 3 N–H and O–H groups in total. The lowest BCUT2D eigenvalue weighted by Gasteiger charge is -2.36. The minimum atomic E-state index is -1.05. The standard InChI is InChI=1S/C40H64N10O11/c1-37(2,3)59-34(53)47-17-15-46(16-18-48(35(54)60-38(4,5)6)20-22-49(21-19-47)36(55)61-39(7,8)9)25(51)13-12-14-42-32(52)28-27-29(58-40(10,11)57-27)33(56-28)50-24-45-26-30(41)43-23-44-31(26)50/h23-24,27-29,33H,12-22H2,1-11H3,(H,42,52)(H2,41,43,44)/t27-,28+,29-,33-/m1/s1. The smallest absolute Gasteiger partial charge is 0.410 e. The van der Waals surface area contributed by atoms with Gasteiger partial charge >= 0.3 is 18.3 Å². The summed E-state index contributed by atoms with van der Waals surface area (Å²) in [5, 5.41) is 2.88. The van der Waals surface area contributed by atoms with Crippen LogP contribution in [0.1, 0.15) is 95.2 Å². The van der Waals surface area contributed by atoms with Crippen LogP contribution < -0.4 is 11.1 Å². The average molecular weight is 861 g/mol. The van der Waals surface area contributed by atoms with Gasteiger partial charge in [0, 0.05) is 65.3 Å². The SMILES string of the molecule is CC(C)(C)OC(=O)N1CCN(C(=O)CCCNC(=O)[C@H]2O[C@@H](n3cnc4c(N)ncnc43)[C@@H]3OC(C)(C)O[C@@H]32)CCN(C(=O)OC(C)(C)C)CCN(C(=O)OC(C)(C)C)CC1. The predicted octanol–water partition coefficient (Wildman–Crippen LogP) is 3.28. The number of carbonyl (C=O) groups excluding carboxylic acids is 5. The zero-order valence-electron chi connectivity index (χ0n) is 37.4. The van der Waals surface area contributed by atoms with Crippen molar-refractivity contribution in [2.45, 2.75) is 136 Å². The van der Waals surface area contributed by atoms with Gasteiger partial charge in [-0.3, -0.25) is 14.2 Å². The highest BCUT2D eigenvalue weighted by Gasteiger charge is 2.58. The lowest BCUT2D eigenvalue weighted by molar-refractivity contribution is -0.197. The fourth-order valence-electron chi connectivity index (χ4n) is 6.97. The molecule has 5 rings (SSSR count). The summed E-state index contributed by atoms with van der Waals surface area (Å²) in [6, 6.07) is 0. The van der Waals surface area contributed by atoms with Crippen LogP contribution in [0.5, 0.6) is 0 Å². The van der Waals surface area contributed by atoms with E-state index in [2.05, 4.69) is 20.3 Å². The fraction of sp³-hybridized carbons (Fsp3) is 0.750. The molecular weight excluding hydrogens is 796 g/mol. The molecule has 0 saturated carbocycles. The Balaban J connectivity index is 1.26. The first-order valence-electron chi connectivity index (χ1n) is 20.7. The summed E-state index contributed by atoms with van der Waals surface area (Å²) in [7, 11) is 0. The molecule has 2 aromatic heterocycles. The fourth-order valence-corrected chi connectivity index (χ4v) is 6.97. The number of nitrogen functional groups attached to an aromatic ring is 1. The Morgan fingerprint density at radius 2 is 1.18 bits per heavy atom. The second-order valence-electron chi connectivity index (χ2n) is 18.8. The molecule has 21 heteroatoms. The van der Waals surface area contributed by atoms with Crippen molar-refractivity contribution in [3.63, 3.8) is 0 Å². The van der Waals surface area contributed by atoms with Crippen molar-refractivity contribution in [3.05, 3.63) is 12.7 Å². The Morgan fingerprint density at radius 3 is 1.66 bits per heavy atom. The summed E-state index contributed by atoms with van der Waals surface area (Å²) in [4.78, 5) is 86.4. The number of nitrogens with one attached hydrogen (secondary N) is 1. The van der Waals surface area contributed by atoms with Crippen molar-refractivity contribution in [1.29, 1.82) is 0 Å². The Morgan fingerprint density at radius 1 is 0.721 bits per heavy atom. The van der Waals surface area contributed by atoms with Gasteiger partial charge in [-0.2, -0.15) is 0 Å². The van der Waals surface area contributed by atoms with E-state index in [0.29, 0.717) is 11.2 Å². The van der Waals surface area contributed by atoms with Gasteiger partial charge in [0.2, 0.25) is 5.91 Å². The maximum Gasteiger partial charge on any atom is 0.410 e. The van der Waals surface area contributed by atoms with Gasteiger partial charge in [-0.25, -0.2) is 29.3 Å². The van der Waals surface area contributed by atoms with Gasteiger partial charge in [0.25, 0.3) is 5.91 Å². The Hall–Kier alpha value is -5.02. The highest BCUT2D eigenvalue weighted by molar-refractivity contribution is 5.83. The molecule has 5 heterocycles. The minimum Gasteiger partial charge on any atom is -0.444 e. The zero-order valence-corrected chi connectivity index (χ0v) is 37.4. The maximum absolute atomic E-state index is 13.9. The molecule has 340 valence electrons. The van der Waals surface area contributed by atoms with Crippen molar-refractivity contribution in [3.8, 4) is 0 Å². The molecule has 0 unspecified atom stereocenters. The topological polar surface area (TPSA) is 235 Å². The van der Waals surface area contributed by atoms with Crippen LogP contribution >= 0.6 is 0 Å². The first kappa shape index (κ1) is 47.0. The van der Waals surface area contributed by atoms with E-state index in [1.54, 1.807) is 85.6 Å². The van der Waals surface area contributed by atoms with Crippen LogP contribution in [0.2, 0.25) is 0 Å². The molecule has 3 saturated heterocycles. The van der Waals surface area contributed by atoms with Crippen molar-refractivity contribution in [1.82, 2.24) is 44.4 Å². The zero-order chi connectivity index (χ0) is 45.1. The van der Waals surface area contributed by atoms with E-state index in [9.17, 15) is 24.0 Å². The third-order valence-electron chi connectivity index (χ3n) is 9.68. The van der Waals surface area contributed by atoms with Crippen LogP contribution in [0, 0.1) is 0 Å². The summed E-state index contributed by atoms with van der Waals surface area (Å²) in [6.07, 6.45) is -1.94. The van der Waals surface area contributed by atoms with Crippen LogP contribution in [-0.2, 0) is 38.0 Å². The van der Waals surface area contributed by atoms with E-state index in [1.165, 1.54) is 27.4 Å². The van der Waals surface area contributed by atoms with Gasteiger partial charge < -0.3 is 59.1 Å². The number of ether oxygens (including phenoxy) is 6. The van der Waals surface area contributed by atoms with E-state index >= 15 is 0 Å². The molecule has 0 bridgehead atoms. The van der Waals surface area contributed by atoms with Gasteiger partial charge in [-0.1, -0.05) is 0 Å². The van der Waals surface area contributed by atoms with Gasteiger partial charge in [0.1, 0.15) is 40.9 Å². The van der Waals surface area contributed by atoms with Crippen molar-refractivity contribution >= 4 is 47.1 Å². The molecule has 3 aliphatic heterocycles. The Labute approximate surface area is 356 Å². The van der Waals surface area contributed by atoms with E-state index in [-0.39, 0.29) is 83.5 Å². The highest BCUT2D eigenvalue weighted by Crippen LogP contribution is 2.44. The van der Waals surface area contributed by atoms with Crippen LogP contribution in [0.15, 0.2) is 12.7 Å². The second-order valence-corrected chi connectivity index (χ2v) is 18.8. The number of anilines is 1. The van der Waals surface area contributed by atoms with Gasteiger partial charge in [-0.15, -0.1) is 0 Å². The number of hydrogen-bond acceptors (Lipinski definition) is 15. The van der Waals surface area contributed by atoms with Crippen molar-refractivity contribution in [2.24, 2.45) is 0 Å². The third-order valence-corrected chi connectivity index (χ3v) is 9.68. The number of nitrogens with zero attached hydrogens (tertiary/aromatic N) is 8. The summed E-state index contributed by atoms with van der Waals surface area (Å²) in [5.74, 6) is -1.50. The molecular formula is C40H64N10O11. The predicted molar refractivity (Wildman–Crippen MR) is 220 cm³/mol. The van der Waals surface area contributed by atoms with Crippen LogP contribution in [-0.4, -0.2) is 169 Å². The monoisotopic (exact) mass is 860 g/mol. The summed E-state index contributed by atoms with van der Waals surface area (Å²) < 4.78 is 37.3. The molecule has 3 fully saturated rings. The number of nitrogens with two attached hydrogens (primary N) is 1. The summed E-state index contributed by atoms with van der Waals surface area (Å²) >= 11 is 0. The van der Waals surface area contributed by atoms with E-state index < -0.39 is 71.3 Å². The maximum atomic E-state index is 13.9. The lowest BCUT2D eigenvalue weighted by atomic mass is 10.1. The molecule has 5 amide bonds. The number of imidazole rings is 1. The van der Waals surface area contributed by atoms with Crippen LogP contribution in [0.4, 0.5) is 20.2 Å². The number of rotatable bonds is 6. The molecule has 61 heavy (non-hydrogen) atoms. The molecule has 0 spiro atoms. The number of amides is 5. The molecule has 0 radical (unpaired) electrons. The molecule has 2 aromatic rings. The molecule has 3 aliphatic rings. The van der Waals surface area contributed by atoms with Gasteiger partial charge in [0.05, 0.1) is 6.33 Å². The first-order chi connectivity index (χ1) is 28.3. The number of aromatic nitrogens is 4. The van der Waals surface area contributed by atoms with Crippen LogP contribution in [0.3, 0.4) is 0 Å². The van der Waals surface area contributed by atoms with Crippen molar-refractivity contribution < 1.29 is 52.4 Å². The number of carbonyl (C=O) groups is 5. The Bertz CT molecular complexity index is 1860. The number of hydrogen-bond donors (Lipinski definition) is 2. The highest BCUT2D eigenvalue weighted by atomic mass is 16.8. The molecule has 0 aliphatic carbocycles. The quantitative estimate of drug-likeness (QED) is 0.313. The lowest BCUT2D eigenvalue weighted by Crippen LogP contribution is -2.52. The minimum absolute atomic E-state index is 0.0422. The number of fused-ring (bicyclic) bond motifs is 2. The molecule has 0 aromatic carbocycles. The molecule has 4 atom stereocenters. The van der Waals surface area contributed by atoms with E-state index in [4.69, 9.17) is 34.2 Å². The first-order valence-corrected chi connectivity index (χ1v) is 20.7. The molecule has 21 nitrogen and oxygen atoms in total. The van der Waals surface area contributed by atoms with Crippen LogP contribution in [0.25, 0.3) is 11.2 Å². The Kier molecular flexibility index (Phi) is 14.3. The average Bonchev–Trinajstić information content (AvgIpc) is 3.78. The normalized spacial score (nSPS) is 22.9. The largest absolute Gasteiger partial charge is 0.444 e. The second kappa shape index (κ2) is 18.5. The van der Waals surface area contributed by atoms with E-state index in [1.807, 2.05) is 0 Å². The third kappa shape index (κ3) is 12.8. The van der Waals surface area contributed by atoms with E-state index in [0.717, 1.165) is 0 Å². The summed E-state index contributed by atoms with van der Waals surface area (Å²) in [5.41, 5.74) is 4.43. The van der Waals surface area contributed by atoms with Gasteiger partial charge in [-0.05, 0) is 82.6 Å². The van der Waals surface area contributed by atoms with Crippen molar-refractivity contribution in [2.75, 3.05) is 64.6 Å².